The van der Waals surface area contributed by atoms with Gasteiger partial charge in [-0.25, -0.2) is 0 Å². The van der Waals surface area contributed by atoms with Gasteiger partial charge in [0.1, 0.15) is 34.2 Å². The van der Waals surface area contributed by atoms with Gasteiger partial charge in [0.2, 0.25) is 0 Å². The second-order valence-electron chi connectivity index (χ2n) is 33.3. The molecule has 6 unspecified atom stereocenters. The normalized spacial score (nSPS) is 19.8. The van der Waals surface area contributed by atoms with Gasteiger partial charge in [0.15, 0.2) is 0 Å². The van der Waals surface area contributed by atoms with E-state index in [1.54, 1.807) is 0 Å². The standard InChI is InChI=1S/C85H142N2O10S2/c1-60(2)23-17-25-62(5)27-19-29-64(7)31-21-45-84(15)47-37-74-70(13)80(66(9)68(11)82(74)96-84)94-78(90)35-33-76(88)92-55-43-72-39-49-86(50-40-72)53-57-98-59-99-58-54-87-51-41-73(42-52-87)44-56-93-77(89)34-36-79(91)95-81-67(10)69(12)83-75(71(81)14)38-48-85(16,97-83)46-22-32-65(8)30-20-28-63(6)26-18-24-61(3)4/h60-65,72-73H,17-59H2,1-16H3. The Labute approximate surface area is 612 Å². The number of ether oxygens (including phenoxy) is 6. The molecular weight excluding hydrogens is 1270 g/mol. The summed E-state index contributed by atoms with van der Waals surface area (Å²) in [5.41, 5.74) is 7.73. The Morgan fingerprint density at radius 1 is 0.444 bits per heavy atom. The first-order valence-corrected chi connectivity index (χ1v) is 42.5. The molecule has 4 aliphatic heterocycles. The van der Waals surface area contributed by atoms with Crippen molar-refractivity contribution in [1.29, 1.82) is 0 Å². The number of hydrogen-bond acceptors (Lipinski definition) is 14. The molecule has 99 heavy (non-hydrogen) atoms. The highest BCUT2D eigenvalue weighted by Crippen LogP contribution is 2.47. The number of piperidine rings is 2. The van der Waals surface area contributed by atoms with E-state index in [0.29, 0.717) is 36.5 Å². The monoisotopic (exact) mass is 1420 g/mol. The molecule has 12 nitrogen and oxygen atoms in total. The Bertz CT molecular complexity index is 2590. The van der Waals surface area contributed by atoms with Crippen LogP contribution in [0.3, 0.4) is 0 Å². The van der Waals surface area contributed by atoms with E-state index in [0.717, 1.165) is 224 Å². The second-order valence-corrected chi connectivity index (χ2v) is 35.9. The summed E-state index contributed by atoms with van der Waals surface area (Å²) in [6.45, 7) is 43.2. The first-order chi connectivity index (χ1) is 47.2. The smallest absolute Gasteiger partial charge is 0.311 e. The van der Waals surface area contributed by atoms with Gasteiger partial charge in [0.25, 0.3) is 0 Å². The van der Waals surface area contributed by atoms with E-state index in [-0.39, 0.29) is 48.8 Å². The van der Waals surface area contributed by atoms with Crippen LogP contribution in [0.1, 0.15) is 306 Å². The summed E-state index contributed by atoms with van der Waals surface area (Å²) in [6, 6.07) is 0. The van der Waals surface area contributed by atoms with Gasteiger partial charge < -0.3 is 38.2 Å². The van der Waals surface area contributed by atoms with Crippen LogP contribution in [0.15, 0.2) is 0 Å². The van der Waals surface area contributed by atoms with Crippen LogP contribution in [-0.4, -0.2) is 114 Å². The molecule has 564 valence electrons. The van der Waals surface area contributed by atoms with Crippen LogP contribution in [0.2, 0.25) is 0 Å². The van der Waals surface area contributed by atoms with Gasteiger partial charge in [0, 0.05) is 40.8 Å². The first-order valence-electron chi connectivity index (χ1n) is 40.2. The molecular formula is C85H142N2O10S2. The molecule has 0 aromatic heterocycles. The number of carbonyl (C=O) groups excluding carboxylic acids is 4. The molecule has 4 aliphatic rings. The highest BCUT2D eigenvalue weighted by atomic mass is 32.2. The van der Waals surface area contributed by atoms with Crippen molar-refractivity contribution in [1.82, 2.24) is 9.80 Å². The van der Waals surface area contributed by atoms with E-state index in [9.17, 15) is 19.2 Å². The molecule has 0 saturated carbocycles. The molecule has 2 saturated heterocycles. The minimum absolute atomic E-state index is 0.00636. The highest BCUT2D eigenvalue weighted by Gasteiger charge is 2.37. The minimum Gasteiger partial charge on any atom is -0.487 e. The summed E-state index contributed by atoms with van der Waals surface area (Å²) in [5, 5.41) is 1.11. The molecule has 0 radical (unpaired) electrons. The van der Waals surface area contributed by atoms with Crippen LogP contribution < -0.4 is 18.9 Å². The SMILES string of the molecule is Cc1c(C)c2c(c(C)c1OC(=O)CCC(=O)OCCC1CCN(CCSCSCCN3CCC(CCOC(=O)CCC(=O)Oc4c(C)c(C)c5c(c4C)CCC(C)(CCCC(C)CCCC(C)CCCC(C)C)O5)CC3)CC1)CCC(C)(CCCC(C)CCCC(C)CCCC(C)C)O2. The average Bonchev–Trinajstić information content (AvgIpc) is 0.767. The van der Waals surface area contributed by atoms with Crippen molar-refractivity contribution in [3.63, 3.8) is 0 Å². The molecule has 6 atom stereocenters. The van der Waals surface area contributed by atoms with Gasteiger partial charge in [-0.05, 0) is 252 Å². The fourth-order valence-corrected chi connectivity index (χ4v) is 18.1. The molecule has 0 aliphatic carbocycles. The van der Waals surface area contributed by atoms with Crippen molar-refractivity contribution in [3.05, 3.63) is 44.5 Å². The topological polar surface area (TPSA) is 130 Å². The summed E-state index contributed by atoms with van der Waals surface area (Å²) in [6.07, 6.45) is 33.0. The summed E-state index contributed by atoms with van der Waals surface area (Å²) >= 11 is 4.07. The van der Waals surface area contributed by atoms with Gasteiger partial charge in [-0.2, -0.15) is 0 Å². The van der Waals surface area contributed by atoms with Crippen molar-refractivity contribution in [2.24, 2.45) is 47.3 Å². The fourth-order valence-electron chi connectivity index (χ4n) is 15.9. The van der Waals surface area contributed by atoms with Gasteiger partial charge >= 0.3 is 23.9 Å². The zero-order chi connectivity index (χ0) is 72.1. The number of esters is 4. The Morgan fingerprint density at radius 2 is 0.768 bits per heavy atom. The van der Waals surface area contributed by atoms with E-state index in [1.165, 1.54) is 103 Å². The zero-order valence-corrected chi connectivity index (χ0v) is 67.5. The molecule has 0 amide bonds. The Morgan fingerprint density at radius 3 is 1.11 bits per heavy atom. The van der Waals surface area contributed by atoms with Crippen LogP contribution >= 0.6 is 23.5 Å². The van der Waals surface area contributed by atoms with Crippen molar-refractivity contribution in [2.75, 3.05) is 69.1 Å². The lowest BCUT2D eigenvalue weighted by atomic mass is 9.83. The third-order valence-corrected chi connectivity index (χ3v) is 25.7. The van der Waals surface area contributed by atoms with E-state index >= 15 is 0 Å². The van der Waals surface area contributed by atoms with Gasteiger partial charge in [0.05, 0.1) is 38.9 Å². The molecule has 2 fully saturated rings. The number of fused-ring (bicyclic) bond motifs is 2. The zero-order valence-electron chi connectivity index (χ0n) is 65.8. The van der Waals surface area contributed by atoms with Crippen LogP contribution in [0, 0.1) is 88.9 Å². The first kappa shape index (κ1) is 84.5. The molecule has 0 spiro atoms. The van der Waals surface area contributed by atoms with Crippen molar-refractivity contribution in [3.8, 4) is 23.0 Å². The Hall–Kier alpha value is -3.46. The van der Waals surface area contributed by atoms with Gasteiger partial charge in [-0.3, -0.25) is 19.2 Å². The van der Waals surface area contributed by atoms with Crippen molar-refractivity contribution < 1.29 is 47.6 Å². The number of thioether (sulfide) groups is 2. The van der Waals surface area contributed by atoms with E-state index in [4.69, 9.17) is 28.4 Å². The minimum atomic E-state index is -0.402. The van der Waals surface area contributed by atoms with Crippen LogP contribution in [0.4, 0.5) is 0 Å². The van der Waals surface area contributed by atoms with Crippen LogP contribution in [-0.2, 0) is 41.5 Å². The van der Waals surface area contributed by atoms with Gasteiger partial charge in [-0.15, -0.1) is 23.5 Å². The largest absolute Gasteiger partial charge is 0.487 e. The number of likely N-dealkylation sites (tertiary alicyclic amines) is 2. The number of rotatable bonds is 46. The van der Waals surface area contributed by atoms with E-state index in [2.05, 4.69) is 92.9 Å². The molecule has 14 heteroatoms. The van der Waals surface area contributed by atoms with Crippen LogP contribution in [0.25, 0.3) is 0 Å². The number of nitrogens with zero attached hydrogens (tertiary/aromatic N) is 2. The maximum absolute atomic E-state index is 13.2. The number of carbonyl (C=O) groups is 4. The predicted molar refractivity (Wildman–Crippen MR) is 414 cm³/mol. The highest BCUT2D eigenvalue weighted by molar-refractivity contribution is 8.16. The summed E-state index contributed by atoms with van der Waals surface area (Å²) in [7, 11) is 0. The Balaban J connectivity index is 0.733. The maximum Gasteiger partial charge on any atom is 0.311 e. The fraction of sp³-hybridized carbons (Fsp3) is 0.812. The van der Waals surface area contributed by atoms with Crippen molar-refractivity contribution in [2.45, 2.75) is 327 Å². The second kappa shape index (κ2) is 43.7. The quantitative estimate of drug-likeness (QED) is 0.0270. The van der Waals surface area contributed by atoms with Crippen molar-refractivity contribution >= 4 is 47.4 Å². The molecule has 2 aromatic carbocycles. The third-order valence-electron chi connectivity index (χ3n) is 23.4. The van der Waals surface area contributed by atoms with E-state index < -0.39 is 11.9 Å². The molecule has 2 aromatic rings. The maximum atomic E-state index is 13.2. The summed E-state index contributed by atoms with van der Waals surface area (Å²) < 4.78 is 37.0. The Kier molecular flexibility index (Phi) is 37.3. The molecule has 6 rings (SSSR count). The summed E-state index contributed by atoms with van der Waals surface area (Å²) in [4.78, 5) is 57.1. The van der Waals surface area contributed by atoms with E-state index in [1.807, 2.05) is 51.2 Å². The molecule has 0 bridgehead atoms. The predicted octanol–water partition coefficient (Wildman–Crippen LogP) is 21.4. The molecule has 0 N–H and O–H groups in total. The lowest BCUT2D eigenvalue weighted by Crippen LogP contribution is -2.37. The lowest BCUT2D eigenvalue weighted by molar-refractivity contribution is -0.147. The molecule has 4 heterocycles. The van der Waals surface area contributed by atoms with Gasteiger partial charge in [-0.1, -0.05) is 145 Å². The number of benzene rings is 2. The lowest BCUT2D eigenvalue weighted by Gasteiger charge is -2.38. The third kappa shape index (κ3) is 29.9. The number of hydrogen-bond donors (Lipinski definition) is 0. The summed E-state index contributed by atoms with van der Waals surface area (Å²) in [5.74, 6) is 9.80. The van der Waals surface area contributed by atoms with Crippen LogP contribution in [0.5, 0.6) is 23.0 Å². The average molecular weight is 1420 g/mol.